The molecule has 0 radical (unpaired) electrons. The molecule has 2 amide bonds. The molecular weight excluding hydrogens is 349 g/mol. The van der Waals surface area contributed by atoms with E-state index < -0.39 is 17.9 Å². The van der Waals surface area contributed by atoms with Crippen LogP contribution in [0.2, 0.25) is 0 Å². The lowest BCUT2D eigenvalue weighted by Crippen LogP contribution is -2.39. The van der Waals surface area contributed by atoms with Gasteiger partial charge < -0.3 is 14.8 Å². The number of halogens is 3. The van der Waals surface area contributed by atoms with Gasteiger partial charge >= 0.3 is 6.18 Å². The molecule has 6 nitrogen and oxygen atoms in total. The number of fused-ring (bicyclic) bond motifs is 1. The summed E-state index contributed by atoms with van der Waals surface area (Å²) in [4.78, 5) is 28.9. The van der Waals surface area contributed by atoms with Crippen molar-refractivity contribution in [3.05, 3.63) is 60.2 Å². The molecule has 136 valence electrons. The van der Waals surface area contributed by atoms with Crippen molar-refractivity contribution >= 4 is 17.5 Å². The van der Waals surface area contributed by atoms with Crippen LogP contribution in [0.1, 0.15) is 21.9 Å². The molecule has 9 heteroatoms. The van der Waals surface area contributed by atoms with Gasteiger partial charge in [-0.1, -0.05) is 12.6 Å². The lowest BCUT2D eigenvalue weighted by Gasteiger charge is -2.29. The maximum absolute atomic E-state index is 12.9. The zero-order valence-electron chi connectivity index (χ0n) is 13.6. The Morgan fingerprint density at radius 1 is 1.27 bits per heavy atom. The smallest absolute Gasteiger partial charge is 0.331 e. The van der Waals surface area contributed by atoms with Gasteiger partial charge in [0.25, 0.3) is 5.91 Å². The number of hydrogen-bond acceptors (Lipinski definition) is 3. The van der Waals surface area contributed by atoms with Crippen molar-refractivity contribution in [1.82, 2.24) is 14.5 Å². The largest absolute Gasteiger partial charge is 0.449 e. The number of hydrogen-bond donors (Lipinski definition) is 1. The molecule has 0 saturated heterocycles. The summed E-state index contributed by atoms with van der Waals surface area (Å²) in [5, 5.41) is 2.56. The number of nitrogens with one attached hydrogen (secondary N) is 1. The fraction of sp³-hybridized carbons (Fsp3) is 0.235. The van der Waals surface area contributed by atoms with Gasteiger partial charge in [-0.15, -0.1) is 0 Å². The second-order valence-corrected chi connectivity index (χ2v) is 5.72. The number of alkyl halides is 3. The third-order valence-corrected chi connectivity index (χ3v) is 3.99. The molecule has 1 aromatic heterocycles. The average Bonchev–Trinajstić information content (AvgIpc) is 3.04. The minimum absolute atomic E-state index is 0.0167. The normalized spacial score (nSPS) is 13.9. The van der Waals surface area contributed by atoms with Crippen LogP contribution in [0, 0.1) is 0 Å². The highest BCUT2D eigenvalue weighted by Crippen LogP contribution is 2.30. The molecule has 1 aromatic carbocycles. The number of carbonyl (C=O) groups is 2. The fourth-order valence-corrected chi connectivity index (χ4v) is 2.79. The first-order chi connectivity index (χ1) is 12.3. The van der Waals surface area contributed by atoms with Gasteiger partial charge in [0.05, 0.1) is 18.4 Å². The van der Waals surface area contributed by atoms with E-state index in [0.29, 0.717) is 16.9 Å². The van der Waals surface area contributed by atoms with Gasteiger partial charge in [0.1, 0.15) is 0 Å². The average molecular weight is 364 g/mol. The molecule has 0 saturated carbocycles. The number of amides is 2. The van der Waals surface area contributed by atoms with E-state index in [1.807, 2.05) is 0 Å². The topological polar surface area (TPSA) is 67.2 Å². The molecule has 26 heavy (non-hydrogen) atoms. The van der Waals surface area contributed by atoms with E-state index in [-0.39, 0.29) is 25.5 Å². The van der Waals surface area contributed by atoms with E-state index in [1.165, 1.54) is 11.0 Å². The molecule has 0 aliphatic carbocycles. The van der Waals surface area contributed by atoms with Gasteiger partial charge in [0.15, 0.2) is 0 Å². The summed E-state index contributed by atoms with van der Waals surface area (Å²) >= 11 is 0. The van der Waals surface area contributed by atoms with Crippen LogP contribution in [0.3, 0.4) is 0 Å². The third kappa shape index (κ3) is 3.46. The fourth-order valence-electron chi connectivity index (χ4n) is 2.79. The van der Waals surface area contributed by atoms with Gasteiger partial charge in [-0.3, -0.25) is 9.59 Å². The predicted molar refractivity (Wildman–Crippen MR) is 87.2 cm³/mol. The summed E-state index contributed by atoms with van der Waals surface area (Å²) in [5.74, 6) is -1.69. The summed E-state index contributed by atoms with van der Waals surface area (Å²) < 4.78 is 39.8. The van der Waals surface area contributed by atoms with Crippen LogP contribution in [0.25, 0.3) is 0 Å². The highest BCUT2D eigenvalue weighted by Gasteiger charge is 2.38. The molecule has 3 rings (SSSR count). The van der Waals surface area contributed by atoms with Gasteiger partial charge in [-0.05, 0) is 24.3 Å². The Kier molecular flexibility index (Phi) is 4.54. The van der Waals surface area contributed by atoms with Crippen LogP contribution < -0.4 is 5.32 Å². The quantitative estimate of drug-likeness (QED) is 0.852. The van der Waals surface area contributed by atoms with Crippen LogP contribution in [0.15, 0.2) is 43.1 Å². The molecule has 0 atom stereocenters. The zero-order chi connectivity index (χ0) is 18.9. The Bertz CT molecular complexity index is 873. The van der Waals surface area contributed by atoms with Crippen molar-refractivity contribution in [3.63, 3.8) is 0 Å². The van der Waals surface area contributed by atoms with Gasteiger partial charge in [-0.2, -0.15) is 13.2 Å². The van der Waals surface area contributed by atoms with Crippen LogP contribution in [0.5, 0.6) is 0 Å². The van der Waals surface area contributed by atoms with E-state index in [9.17, 15) is 22.8 Å². The second kappa shape index (κ2) is 6.66. The van der Waals surface area contributed by atoms with E-state index in [4.69, 9.17) is 0 Å². The monoisotopic (exact) mass is 364 g/mol. The Morgan fingerprint density at radius 3 is 2.73 bits per heavy atom. The van der Waals surface area contributed by atoms with Gasteiger partial charge in [0, 0.05) is 24.3 Å². The predicted octanol–water partition coefficient (Wildman–Crippen LogP) is 2.68. The summed E-state index contributed by atoms with van der Waals surface area (Å²) in [6, 6.07) is 6.33. The van der Waals surface area contributed by atoms with Crippen molar-refractivity contribution in [3.8, 4) is 0 Å². The number of imidazole rings is 1. The molecule has 0 bridgehead atoms. The Hall–Kier alpha value is -3.10. The molecular formula is C17H15F3N4O2. The molecule has 1 aliphatic heterocycles. The van der Waals surface area contributed by atoms with Crippen LogP contribution >= 0.6 is 0 Å². The molecule has 2 heterocycles. The third-order valence-electron chi connectivity index (χ3n) is 3.99. The van der Waals surface area contributed by atoms with Gasteiger partial charge in [-0.25, -0.2) is 4.98 Å². The first-order valence-electron chi connectivity index (χ1n) is 7.74. The highest BCUT2D eigenvalue weighted by atomic mass is 19.4. The van der Waals surface area contributed by atoms with Crippen molar-refractivity contribution < 1.29 is 22.8 Å². The Labute approximate surface area is 146 Å². The van der Waals surface area contributed by atoms with Crippen molar-refractivity contribution in [2.45, 2.75) is 19.3 Å². The van der Waals surface area contributed by atoms with Crippen molar-refractivity contribution in [2.24, 2.45) is 0 Å². The summed E-state index contributed by atoms with van der Waals surface area (Å²) in [7, 11) is 0. The SMILES string of the molecule is C=CC(=O)Nc1cccc(C(=O)N2CCn3c(cnc3C(F)(F)F)C2)c1. The van der Waals surface area contributed by atoms with Crippen LogP contribution in [-0.2, 0) is 24.1 Å². The number of benzene rings is 1. The standard InChI is InChI=1S/C17H15F3N4O2/c1-2-14(25)22-12-5-3-4-11(8-12)15(26)23-6-7-24-13(10-23)9-21-16(24)17(18,19)20/h2-5,8-9H,1,6-7,10H2,(H,22,25). The maximum Gasteiger partial charge on any atom is 0.449 e. The molecule has 1 N–H and O–H groups in total. The summed E-state index contributed by atoms with van der Waals surface area (Å²) in [6.45, 7) is 3.54. The summed E-state index contributed by atoms with van der Waals surface area (Å²) in [6.07, 6.45) is -2.27. The molecule has 1 aliphatic rings. The number of carbonyl (C=O) groups excluding carboxylic acids is 2. The number of rotatable bonds is 3. The maximum atomic E-state index is 12.9. The highest BCUT2D eigenvalue weighted by molar-refractivity contribution is 6.00. The Balaban J connectivity index is 1.78. The van der Waals surface area contributed by atoms with E-state index in [2.05, 4.69) is 16.9 Å². The second-order valence-electron chi connectivity index (χ2n) is 5.72. The van der Waals surface area contributed by atoms with Crippen LogP contribution in [-0.4, -0.2) is 32.8 Å². The lowest BCUT2D eigenvalue weighted by molar-refractivity contribution is -0.147. The van der Waals surface area contributed by atoms with Crippen LogP contribution in [0.4, 0.5) is 18.9 Å². The molecule has 0 fully saturated rings. The van der Waals surface area contributed by atoms with E-state index in [0.717, 1.165) is 16.8 Å². The first-order valence-corrected chi connectivity index (χ1v) is 7.74. The number of anilines is 1. The first kappa shape index (κ1) is 17.7. The van der Waals surface area contributed by atoms with E-state index in [1.54, 1.807) is 18.2 Å². The number of aromatic nitrogens is 2. The lowest BCUT2D eigenvalue weighted by atomic mass is 10.1. The molecule has 0 unspecified atom stereocenters. The summed E-state index contributed by atoms with van der Waals surface area (Å²) in [5.41, 5.74) is 1.09. The number of nitrogens with zero attached hydrogens (tertiary/aromatic N) is 3. The van der Waals surface area contributed by atoms with Crippen molar-refractivity contribution in [2.75, 3.05) is 11.9 Å². The zero-order valence-corrected chi connectivity index (χ0v) is 13.6. The minimum atomic E-state index is -4.53. The molecule has 2 aromatic rings. The molecule has 0 spiro atoms. The van der Waals surface area contributed by atoms with Gasteiger partial charge in [0.2, 0.25) is 11.7 Å². The Morgan fingerprint density at radius 2 is 2.04 bits per heavy atom. The van der Waals surface area contributed by atoms with E-state index >= 15 is 0 Å². The van der Waals surface area contributed by atoms with Crippen molar-refractivity contribution in [1.29, 1.82) is 0 Å². The minimum Gasteiger partial charge on any atom is -0.331 e.